The van der Waals surface area contributed by atoms with Gasteiger partial charge in [-0.1, -0.05) is 32.3 Å². The SMILES string of the molecule is C=CC(=O)NCCCCCC(=O)CCCCCCCOP(=O)([O-])OC. The number of unbranched alkanes of at least 4 members (excludes halogenated alkanes) is 6. The topological polar surface area (TPSA) is 105 Å². The third kappa shape index (κ3) is 16.2. The fourth-order valence-electron chi connectivity index (χ4n) is 2.22. The van der Waals surface area contributed by atoms with Crippen LogP contribution in [0.3, 0.4) is 0 Å². The molecule has 0 aromatic rings. The summed E-state index contributed by atoms with van der Waals surface area (Å²) in [5.74, 6) is 0.120. The zero-order valence-corrected chi connectivity index (χ0v) is 16.1. The number of hydrogen-bond donors (Lipinski definition) is 1. The van der Waals surface area contributed by atoms with Crippen molar-refractivity contribution in [1.29, 1.82) is 0 Å². The number of carbonyl (C=O) groups excluding carboxylic acids is 2. The number of phosphoric acid groups is 1. The maximum atomic E-state index is 11.7. The van der Waals surface area contributed by atoms with E-state index in [0.717, 1.165) is 52.1 Å². The van der Waals surface area contributed by atoms with Crippen LogP contribution in [0.25, 0.3) is 0 Å². The Morgan fingerprint density at radius 2 is 1.60 bits per heavy atom. The first-order valence-electron chi connectivity index (χ1n) is 8.84. The molecule has 0 saturated heterocycles. The Hall–Kier alpha value is -1.01. The summed E-state index contributed by atoms with van der Waals surface area (Å²) >= 11 is 0. The van der Waals surface area contributed by atoms with Crippen molar-refractivity contribution in [2.45, 2.75) is 64.2 Å². The molecule has 0 rings (SSSR count). The van der Waals surface area contributed by atoms with Gasteiger partial charge in [-0.2, -0.15) is 0 Å². The van der Waals surface area contributed by atoms with Crippen molar-refractivity contribution in [1.82, 2.24) is 5.32 Å². The average molecular weight is 376 g/mol. The molecule has 1 unspecified atom stereocenters. The summed E-state index contributed by atoms with van der Waals surface area (Å²) in [5, 5.41) is 2.70. The van der Waals surface area contributed by atoms with Crippen LogP contribution in [0.5, 0.6) is 0 Å². The Balaban J connectivity index is 3.34. The number of rotatable bonds is 17. The highest BCUT2D eigenvalue weighted by atomic mass is 31.2. The number of ketones is 1. The molecule has 0 aliphatic heterocycles. The van der Waals surface area contributed by atoms with Gasteiger partial charge in [0.1, 0.15) is 5.78 Å². The van der Waals surface area contributed by atoms with Crippen molar-refractivity contribution in [3.63, 3.8) is 0 Å². The quantitative estimate of drug-likeness (QED) is 0.238. The largest absolute Gasteiger partial charge is 0.756 e. The molecular formula is C17H31NO6P-. The van der Waals surface area contributed by atoms with Crippen LogP contribution in [0.1, 0.15) is 64.2 Å². The summed E-state index contributed by atoms with van der Waals surface area (Å²) in [6.45, 7) is 4.14. The summed E-state index contributed by atoms with van der Waals surface area (Å²) in [4.78, 5) is 33.6. The predicted molar refractivity (Wildman–Crippen MR) is 95.0 cm³/mol. The van der Waals surface area contributed by atoms with Crippen molar-refractivity contribution in [3.8, 4) is 0 Å². The molecule has 1 N–H and O–H groups in total. The molecule has 0 radical (unpaired) electrons. The van der Waals surface area contributed by atoms with Gasteiger partial charge in [0.15, 0.2) is 0 Å². The zero-order valence-electron chi connectivity index (χ0n) is 15.2. The van der Waals surface area contributed by atoms with Crippen LogP contribution in [0, 0.1) is 0 Å². The van der Waals surface area contributed by atoms with Gasteiger partial charge in [-0.25, -0.2) is 0 Å². The van der Waals surface area contributed by atoms with E-state index in [-0.39, 0.29) is 18.3 Å². The summed E-state index contributed by atoms with van der Waals surface area (Å²) in [6.07, 6.45) is 9.40. The highest BCUT2D eigenvalue weighted by Crippen LogP contribution is 2.36. The minimum atomic E-state index is -4.09. The molecule has 0 aromatic carbocycles. The molecule has 0 aliphatic rings. The number of hydrogen-bond acceptors (Lipinski definition) is 6. The second-order valence-electron chi connectivity index (χ2n) is 5.83. The Morgan fingerprint density at radius 3 is 2.20 bits per heavy atom. The lowest BCUT2D eigenvalue weighted by atomic mass is 10.0. The van der Waals surface area contributed by atoms with Crippen LogP contribution in [-0.2, 0) is 23.2 Å². The van der Waals surface area contributed by atoms with E-state index in [9.17, 15) is 19.0 Å². The van der Waals surface area contributed by atoms with E-state index in [1.807, 2.05) is 0 Å². The van der Waals surface area contributed by atoms with Crippen LogP contribution in [-0.4, -0.2) is 32.0 Å². The summed E-state index contributed by atoms with van der Waals surface area (Å²) in [6, 6.07) is 0. The van der Waals surface area contributed by atoms with E-state index < -0.39 is 7.82 Å². The maximum Gasteiger partial charge on any atom is 0.267 e. The Morgan fingerprint density at radius 1 is 1.04 bits per heavy atom. The average Bonchev–Trinajstić information content (AvgIpc) is 2.59. The Bertz CT molecular complexity index is 441. The molecule has 7 nitrogen and oxygen atoms in total. The fourth-order valence-corrected chi connectivity index (χ4v) is 2.67. The van der Waals surface area contributed by atoms with Crippen LogP contribution in [0.2, 0.25) is 0 Å². The molecule has 0 bridgehead atoms. The number of nitrogens with one attached hydrogen (secondary N) is 1. The minimum Gasteiger partial charge on any atom is -0.756 e. The van der Waals surface area contributed by atoms with Gasteiger partial charge < -0.3 is 19.3 Å². The molecule has 0 aliphatic carbocycles. The van der Waals surface area contributed by atoms with E-state index in [1.165, 1.54) is 6.08 Å². The molecule has 0 aromatic heterocycles. The van der Waals surface area contributed by atoms with E-state index in [2.05, 4.69) is 20.9 Å². The van der Waals surface area contributed by atoms with Gasteiger partial charge >= 0.3 is 0 Å². The standard InChI is InChI=1S/C17H32NO6P/c1-3-17(20)18-14-10-7-9-13-16(19)12-8-5-4-6-11-15-24-25(21,22)23-2/h3H,1,4-15H2,2H3,(H,18,20)(H,21,22)/p-1. The van der Waals surface area contributed by atoms with E-state index in [4.69, 9.17) is 0 Å². The predicted octanol–water partition coefficient (Wildman–Crippen LogP) is 2.89. The van der Waals surface area contributed by atoms with Gasteiger partial charge in [0.2, 0.25) is 5.91 Å². The van der Waals surface area contributed by atoms with Gasteiger partial charge in [0.25, 0.3) is 7.82 Å². The minimum absolute atomic E-state index is 0.140. The van der Waals surface area contributed by atoms with Gasteiger partial charge in [0.05, 0.1) is 6.61 Å². The summed E-state index contributed by atoms with van der Waals surface area (Å²) < 4.78 is 19.7. The lowest BCUT2D eigenvalue weighted by molar-refractivity contribution is -0.223. The number of carbonyl (C=O) groups is 2. The molecule has 8 heteroatoms. The van der Waals surface area contributed by atoms with Crippen molar-refractivity contribution in [2.75, 3.05) is 20.3 Å². The first kappa shape index (κ1) is 24.0. The van der Waals surface area contributed by atoms with Crippen molar-refractivity contribution >= 4 is 19.5 Å². The maximum absolute atomic E-state index is 11.7. The number of Topliss-reactive ketones (excluding diaryl/α,β-unsaturated/α-hetero) is 1. The third-order valence-electron chi connectivity index (χ3n) is 3.69. The first-order valence-corrected chi connectivity index (χ1v) is 10.3. The van der Waals surface area contributed by atoms with Crippen molar-refractivity contribution in [3.05, 3.63) is 12.7 Å². The Kier molecular flexibility index (Phi) is 14.6. The summed E-state index contributed by atoms with van der Waals surface area (Å²) in [5.41, 5.74) is 0. The summed E-state index contributed by atoms with van der Waals surface area (Å²) in [7, 11) is -3.02. The van der Waals surface area contributed by atoms with Crippen LogP contribution in [0.15, 0.2) is 12.7 Å². The first-order chi connectivity index (χ1) is 11.9. The van der Waals surface area contributed by atoms with E-state index in [1.54, 1.807) is 0 Å². The molecule has 0 heterocycles. The highest BCUT2D eigenvalue weighted by Gasteiger charge is 2.05. The molecule has 0 saturated carbocycles. The lowest BCUT2D eigenvalue weighted by Gasteiger charge is -2.19. The highest BCUT2D eigenvalue weighted by molar-refractivity contribution is 7.45. The third-order valence-corrected chi connectivity index (χ3v) is 4.64. The monoisotopic (exact) mass is 376 g/mol. The molecule has 25 heavy (non-hydrogen) atoms. The van der Waals surface area contributed by atoms with Crippen LogP contribution >= 0.6 is 7.82 Å². The molecule has 0 fully saturated rings. The normalized spacial score (nSPS) is 13.2. The molecule has 1 amide bonds. The smallest absolute Gasteiger partial charge is 0.267 e. The molecule has 0 spiro atoms. The van der Waals surface area contributed by atoms with Crippen molar-refractivity contribution in [2.24, 2.45) is 0 Å². The second kappa shape index (κ2) is 15.3. The van der Waals surface area contributed by atoms with E-state index in [0.29, 0.717) is 25.8 Å². The second-order valence-corrected chi connectivity index (χ2v) is 7.34. The van der Waals surface area contributed by atoms with E-state index >= 15 is 0 Å². The van der Waals surface area contributed by atoms with Crippen LogP contribution < -0.4 is 10.2 Å². The van der Waals surface area contributed by atoms with Gasteiger partial charge in [-0.15, -0.1) is 0 Å². The molecular weight excluding hydrogens is 345 g/mol. The van der Waals surface area contributed by atoms with Crippen molar-refractivity contribution < 1.29 is 28.1 Å². The lowest BCUT2D eigenvalue weighted by Crippen LogP contribution is -2.21. The molecule has 1 atom stereocenters. The Labute approximate surface area is 150 Å². The molecule has 146 valence electrons. The van der Waals surface area contributed by atoms with Gasteiger partial charge in [0, 0.05) is 26.5 Å². The number of phosphoric ester groups is 1. The number of amides is 1. The fraction of sp³-hybridized carbons (Fsp3) is 0.765. The van der Waals surface area contributed by atoms with Gasteiger partial charge in [-0.3, -0.25) is 14.2 Å². The van der Waals surface area contributed by atoms with Crippen LogP contribution in [0.4, 0.5) is 0 Å². The zero-order chi connectivity index (χ0) is 19.0. The van der Waals surface area contributed by atoms with Gasteiger partial charge in [-0.05, 0) is 31.8 Å².